The summed E-state index contributed by atoms with van der Waals surface area (Å²) in [6, 6.07) is 10.6. The molecular weight excluding hydrogens is 288 g/mol. The predicted molar refractivity (Wildman–Crippen MR) is 90.8 cm³/mol. The van der Waals surface area contributed by atoms with E-state index in [9.17, 15) is 4.79 Å². The molecule has 2 fully saturated rings. The van der Waals surface area contributed by atoms with Crippen molar-refractivity contribution in [2.75, 3.05) is 16.8 Å². The first-order valence-corrected chi connectivity index (χ1v) is 8.29. The van der Waals surface area contributed by atoms with Crippen molar-refractivity contribution in [3.05, 3.63) is 41.7 Å². The Morgan fingerprint density at radius 1 is 1.30 bits per heavy atom. The molecule has 1 aliphatic carbocycles. The highest BCUT2D eigenvalue weighted by Crippen LogP contribution is 2.42. The van der Waals surface area contributed by atoms with Gasteiger partial charge in [0.2, 0.25) is 0 Å². The Hall–Kier alpha value is -2.30. The van der Waals surface area contributed by atoms with Crippen LogP contribution in [0.25, 0.3) is 0 Å². The Balaban J connectivity index is 1.58. The largest absolute Gasteiger partial charge is 0.367 e. The summed E-state index contributed by atoms with van der Waals surface area (Å²) < 4.78 is 1.72. The lowest BCUT2D eigenvalue weighted by atomic mass is 10.1. The Morgan fingerprint density at radius 3 is 2.78 bits per heavy atom. The molecule has 2 unspecified atom stereocenters. The van der Waals surface area contributed by atoms with Crippen LogP contribution in [0.3, 0.4) is 0 Å². The first-order chi connectivity index (χ1) is 11.1. The standard InChI is InChI=1S/C18H22N4O/c1-12-9-16(20-21(12)2)18(23)19-15-5-3-4-6-17(15)22-11-13-7-8-14(22)10-13/h3-6,9,13-14H,7-8,10-11H2,1-2H3,(H,19,23). The van der Waals surface area contributed by atoms with Gasteiger partial charge < -0.3 is 10.2 Å². The highest BCUT2D eigenvalue weighted by Gasteiger charge is 2.38. The number of nitrogens with zero attached hydrogens (tertiary/aromatic N) is 3. The van der Waals surface area contributed by atoms with Crippen LogP contribution in [0, 0.1) is 12.8 Å². The molecule has 2 heterocycles. The number of para-hydroxylation sites is 2. The molecule has 2 aromatic rings. The van der Waals surface area contributed by atoms with Crippen molar-refractivity contribution in [1.29, 1.82) is 0 Å². The number of carbonyl (C=O) groups excluding carboxylic acids is 1. The first kappa shape index (κ1) is 14.3. The van der Waals surface area contributed by atoms with Gasteiger partial charge in [-0.1, -0.05) is 12.1 Å². The number of aromatic nitrogens is 2. The molecule has 1 N–H and O–H groups in total. The summed E-state index contributed by atoms with van der Waals surface area (Å²) in [6.07, 6.45) is 3.91. The van der Waals surface area contributed by atoms with Crippen LogP contribution in [0.2, 0.25) is 0 Å². The molecule has 0 radical (unpaired) electrons. The highest BCUT2D eigenvalue weighted by atomic mass is 16.2. The Bertz CT molecular complexity index is 732. The number of benzene rings is 1. The molecule has 1 amide bonds. The van der Waals surface area contributed by atoms with E-state index in [2.05, 4.69) is 21.4 Å². The molecule has 5 nitrogen and oxygen atoms in total. The second kappa shape index (κ2) is 5.41. The molecular formula is C18H22N4O. The molecule has 1 aromatic heterocycles. The first-order valence-electron chi connectivity index (χ1n) is 8.29. The summed E-state index contributed by atoms with van der Waals surface area (Å²) in [5.41, 5.74) is 3.46. The van der Waals surface area contributed by atoms with Gasteiger partial charge in [-0.2, -0.15) is 5.10 Å². The van der Waals surface area contributed by atoms with Gasteiger partial charge in [0.25, 0.3) is 5.91 Å². The quantitative estimate of drug-likeness (QED) is 0.948. The molecule has 120 valence electrons. The van der Waals surface area contributed by atoms with E-state index < -0.39 is 0 Å². The van der Waals surface area contributed by atoms with Gasteiger partial charge in [-0.05, 0) is 50.3 Å². The van der Waals surface area contributed by atoms with Crippen LogP contribution in [0.1, 0.15) is 35.4 Å². The van der Waals surface area contributed by atoms with Crippen LogP contribution in [-0.4, -0.2) is 28.3 Å². The van der Waals surface area contributed by atoms with Crippen molar-refractivity contribution in [1.82, 2.24) is 9.78 Å². The minimum absolute atomic E-state index is 0.148. The van der Waals surface area contributed by atoms with Crippen LogP contribution in [0.5, 0.6) is 0 Å². The number of aryl methyl sites for hydroxylation is 2. The minimum Gasteiger partial charge on any atom is -0.367 e. The topological polar surface area (TPSA) is 50.2 Å². The number of fused-ring (bicyclic) bond motifs is 2. The van der Waals surface area contributed by atoms with Crippen molar-refractivity contribution < 1.29 is 4.79 Å². The normalized spacial score (nSPS) is 22.6. The zero-order valence-corrected chi connectivity index (χ0v) is 13.6. The molecule has 4 rings (SSSR count). The average molecular weight is 310 g/mol. The van der Waals surface area contributed by atoms with E-state index in [0.717, 1.165) is 29.5 Å². The maximum atomic E-state index is 12.5. The number of nitrogens with one attached hydrogen (secondary N) is 1. The zero-order chi connectivity index (χ0) is 16.0. The second-order valence-electron chi connectivity index (χ2n) is 6.75. The van der Waals surface area contributed by atoms with E-state index in [-0.39, 0.29) is 5.91 Å². The fourth-order valence-electron chi connectivity index (χ4n) is 3.91. The van der Waals surface area contributed by atoms with Gasteiger partial charge in [-0.3, -0.25) is 9.48 Å². The third-order valence-electron chi connectivity index (χ3n) is 5.22. The van der Waals surface area contributed by atoms with Gasteiger partial charge in [0.05, 0.1) is 11.4 Å². The van der Waals surface area contributed by atoms with E-state index in [0.29, 0.717) is 11.7 Å². The van der Waals surface area contributed by atoms with Crippen molar-refractivity contribution >= 4 is 17.3 Å². The summed E-state index contributed by atoms with van der Waals surface area (Å²) in [5, 5.41) is 7.31. The van der Waals surface area contributed by atoms with Gasteiger partial charge >= 0.3 is 0 Å². The molecule has 23 heavy (non-hydrogen) atoms. The second-order valence-corrected chi connectivity index (χ2v) is 6.75. The molecule has 1 saturated heterocycles. The SMILES string of the molecule is Cc1cc(C(=O)Nc2ccccc2N2CC3CCC2C3)nn1C. The third-order valence-corrected chi connectivity index (χ3v) is 5.22. The molecule has 2 bridgehead atoms. The molecule has 1 saturated carbocycles. The van der Waals surface area contributed by atoms with Gasteiger partial charge in [-0.15, -0.1) is 0 Å². The summed E-state index contributed by atoms with van der Waals surface area (Å²) in [5.74, 6) is 0.674. The molecule has 2 atom stereocenters. The molecule has 0 spiro atoms. The number of hydrogen-bond acceptors (Lipinski definition) is 3. The Kier molecular flexibility index (Phi) is 3.36. The van der Waals surface area contributed by atoms with Crippen molar-refractivity contribution in [3.63, 3.8) is 0 Å². The number of anilines is 2. The number of amides is 1. The number of carbonyl (C=O) groups is 1. The summed E-state index contributed by atoms with van der Waals surface area (Å²) in [7, 11) is 1.85. The van der Waals surface area contributed by atoms with Crippen LogP contribution >= 0.6 is 0 Å². The summed E-state index contributed by atoms with van der Waals surface area (Å²) in [6.45, 7) is 3.05. The van der Waals surface area contributed by atoms with Crippen LogP contribution in [0.4, 0.5) is 11.4 Å². The lowest BCUT2D eigenvalue weighted by Gasteiger charge is -2.30. The maximum absolute atomic E-state index is 12.5. The van der Waals surface area contributed by atoms with Crippen molar-refractivity contribution in [2.24, 2.45) is 13.0 Å². The van der Waals surface area contributed by atoms with E-state index in [1.165, 1.54) is 19.3 Å². The average Bonchev–Trinajstić information content (AvgIpc) is 3.24. The van der Waals surface area contributed by atoms with E-state index in [1.54, 1.807) is 4.68 Å². The van der Waals surface area contributed by atoms with Crippen LogP contribution in [0.15, 0.2) is 30.3 Å². The lowest BCUT2D eigenvalue weighted by Crippen LogP contribution is -2.32. The van der Waals surface area contributed by atoms with Gasteiger partial charge in [0.1, 0.15) is 0 Å². The van der Waals surface area contributed by atoms with Crippen LogP contribution < -0.4 is 10.2 Å². The van der Waals surface area contributed by atoms with E-state index in [4.69, 9.17) is 0 Å². The molecule has 2 aliphatic rings. The fourth-order valence-corrected chi connectivity index (χ4v) is 3.91. The Labute approximate surface area is 136 Å². The zero-order valence-electron chi connectivity index (χ0n) is 13.6. The highest BCUT2D eigenvalue weighted by molar-refractivity contribution is 6.04. The molecule has 1 aliphatic heterocycles. The minimum atomic E-state index is -0.148. The van der Waals surface area contributed by atoms with E-state index >= 15 is 0 Å². The predicted octanol–water partition coefficient (Wildman–Crippen LogP) is 2.97. The smallest absolute Gasteiger partial charge is 0.276 e. The monoisotopic (exact) mass is 310 g/mol. The van der Waals surface area contributed by atoms with E-state index in [1.807, 2.05) is 38.2 Å². The molecule has 5 heteroatoms. The van der Waals surface area contributed by atoms with Crippen molar-refractivity contribution in [3.8, 4) is 0 Å². The number of rotatable bonds is 3. The number of hydrogen-bond donors (Lipinski definition) is 1. The fraction of sp³-hybridized carbons (Fsp3) is 0.444. The third kappa shape index (κ3) is 2.50. The maximum Gasteiger partial charge on any atom is 0.276 e. The molecule has 1 aromatic carbocycles. The van der Waals surface area contributed by atoms with Gasteiger partial charge in [0.15, 0.2) is 5.69 Å². The van der Waals surface area contributed by atoms with Gasteiger partial charge in [-0.25, -0.2) is 0 Å². The summed E-state index contributed by atoms with van der Waals surface area (Å²) in [4.78, 5) is 15.0. The van der Waals surface area contributed by atoms with Crippen LogP contribution in [-0.2, 0) is 7.05 Å². The summed E-state index contributed by atoms with van der Waals surface area (Å²) >= 11 is 0. The van der Waals surface area contributed by atoms with Crippen molar-refractivity contribution in [2.45, 2.75) is 32.2 Å². The Morgan fingerprint density at radius 2 is 2.13 bits per heavy atom. The number of piperidine rings is 1. The lowest BCUT2D eigenvalue weighted by molar-refractivity contribution is 0.102. The van der Waals surface area contributed by atoms with Gasteiger partial charge in [0, 0.05) is 25.3 Å².